The summed E-state index contributed by atoms with van der Waals surface area (Å²) in [7, 11) is 0. The minimum atomic E-state index is -1.42. The van der Waals surface area contributed by atoms with Crippen molar-refractivity contribution in [3.8, 4) is 0 Å². The molecule has 1 saturated heterocycles. The fraction of sp³-hybridized carbons (Fsp3) is 0.652. The Labute approximate surface area is 186 Å². The summed E-state index contributed by atoms with van der Waals surface area (Å²) in [6.07, 6.45) is -3.48. The van der Waals surface area contributed by atoms with Crippen LogP contribution in [0.3, 0.4) is 0 Å². The predicted molar refractivity (Wildman–Crippen MR) is 110 cm³/mol. The molecule has 176 valence electrons. The van der Waals surface area contributed by atoms with Gasteiger partial charge in [0.1, 0.15) is 18.3 Å². The van der Waals surface area contributed by atoms with Crippen LogP contribution in [-0.4, -0.2) is 59.0 Å². The average Bonchev–Trinajstić information content (AvgIpc) is 2.94. The van der Waals surface area contributed by atoms with E-state index in [4.69, 9.17) is 18.9 Å². The molecular formula is C23H30O9. The zero-order chi connectivity index (χ0) is 24.2. The lowest BCUT2D eigenvalue weighted by Crippen LogP contribution is -2.72. The van der Waals surface area contributed by atoms with Crippen LogP contribution in [0.4, 0.5) is 0 Å². The van der Waals surface area contributed by atoms with E-state index in [1.54, 1.807) is 13.8 Å². The Bertz CT molecular complexity index is 888. The van der Waals surface area contributed by atoms with Crippen LogP contribution in [-0.2, 0) is 38.1 Å². The molecule has 1 aliphatic heterocycles. The van der Waals surface area contributed by atoms with Crippen molar-refractivity contribution in [3.63, 3.8) is 0 Å². The van der Waals surface area contributed by atoms with Crippen LogP contribution in [0, 0.1) is 17.3 Å². The average molecular weight is 450 g/mol. The van der Waals surface area contributed by atoms with Gasteiger partial charge >= 0.3 is 23.9 Å². The lowest BCUT2D eigenvalue weighted by molar-refractivity contribution is -0.279. The van der Waals surface area contributed by atoms with Crippen LogP contribution < -0.4 is 0 Å². The standard InChI is InChI=1S/C23H30O9/c1-10(2)20(26)31-16-15-11(3)21(27)32-17(15)19(30-13(5)25)23(7)14(29-12(4)24)8-9-22(6,28)18(16)23/h14-19,28H,1,3,8-9H2,2,4-7H3/t14?,15-,16?,17-,18+,19?,22-,23+/m1/s1. The van der Waals surface area contributed by atoms with Crippen LogP contribution in [0.5, 0.6) is 0 Å². The molecule has 3 rings (SSSR count). The highest BCUT2D eigenvalue weighted by atomic mass is 16.6. The first-order chi connectivity index (χ1) is 14.7. The largest absolute Gasteiger partial charge is 0.462 e. The minimum absolute atomic E-state index is 0.0547. The Hall–Kier alpha value is -2.68. The molecule has 8 atom stereocenters. The number of rotatable bonds is 4. The molecule has 0 amide bonds. The molecule has 3 unspecified atom stereocenters. The van der Waals surface area contributed by atoms with Gasteiger partial charge in [-0.25, -0.2) is 9.59 Å². The first-order valence-electron chi connectivity index (χ1n) is 10.5. The van der Waals surface area contributed by atoms with Crippen LogP contribution in [0.2, 0.25) is 0 Å². The van der Waals surface area contributed by atoms with Crippen LogP contribution in [0.25, 0.3) is 0 Å². The number of fused-ring (bicyclic) bond motifs is 2. The summed E-state index contributed by atoms with van der Waals surface area (Å²) in [4.78, 5) is 49.0. The summed E-state index contributed by atoms with van der Waals surface area (Å²) < 4.78 is 22.6. The fourth-order valence-electron chi connectivity index (χ4n) is 5.76. The van der Waals surface area contributed by atoms with Gasteiger partial charge in [0.25, 0.3) is 0 Å². The topological polar surface area (TPSA) is 125 Å². The molecule has 1 heterocycles. The smallest absolute Gasteiger partial charge is 0.334 e. The monoisotopic (exact) mass is 450 g/mol. The second kappa shape index (κ2) is 8.03. The first kappa shape index (κ1) is 24.0. The Morgan fingerprint density at radius 3 is 2.22 bits per heavy atom. The molecule has 9 nitrogen and oxygen atoms in total. The van der Waals surface area contributed by atoms with Gasteiger partial charge in [0, 0.05) is 30.9 Å². The highest BCUT2D eigenvalue weighted by Crippen LogP contribution is 2.60. The third-order valence-corrected chi connectivity index (χ3v) is 6.99. The molecule has 0 aromatic heterocycles. The van der Waals surface area contributed by atoms with Gasteiger partial charge in [0.15, 0.2) is 6.10 Å². The van der Waals surface area contributed by atoms with Gasteiger partial charge in [-0.2, -0.15) is 0 Å². The van der Waals surface area contributed by atoms with Crippen LogP contribution >= 0.6 is 0 Å². The van der Waals surface area contributed by atoms with Gasteiger partial charge in [-0.05, 0) is 26.7 Å². The second-order valence-corrected chi connectivity index (χ2v) is 9.44. The highest BCUT2D eigenvalue weighted by Gasteiger charge is 2.72. The molecule has 0 spiro atoms. The van der Waals surface area contributed by atoms with Crippen molar-refractivity contribution in [1.82, 2.24) is 0 Å². The summed E-state index contributed by atoms with van der Waals surface area (Å²) in [5.74, 6) is -4.35. The van der Waals surface area contributed by atoms with E-state index in [0.29, 0.717) is 0 Å². The Morgan fingerprint density at radius 2 is 1.69 bits per heavy atom. The molecule has 2 aliphatic carbocycles. The molecule has 9 heteroatoms. The number of hydrogen-bond donors (Lipinski definition) is 1. The molecule has 32 heavy (non-hydrogen) atoms. The molecule has 2 saturated carbocycles. The zero-order valence-corrected chi connectivity index (χ0v) is 19.0. The summed E-state index contributed by atoms with van der Waals surface area (Å²) in [6.45, 7) is 14.7. The number of carbonyl (C=O) groups is 4. The van der Waals surface area contributed by atoms with Crippen molar-refractivity contribution in [2.45, 2.75) is 77.5 Å². The molecular weight excluding hydrogens is 420 g/mol. The van der Waals surface area contributed by atoms with Crippen molar-refractivity contribution in [2.75, 3.05) is 0 Å². The van der Waals surface area contributed by atoms with Gasteiger partial charge in [-0.15, -0.1) is 0 Å². The van der Waals surface area contributed by atoms with Crippen LogP contribution in [0.1, 0.15) is 47.5 Å². The molecule has 0 radical (unpaired) electrons. The van der Waals surface area contributed by atoms with Crippen LogP contribution in [0.15, 0.2) is 24.3 Å². The second-order valence-electron chi connectivity index (χ2n) is 9.44. The van der Waals surface area contributed by atoms with E-state index in [0.717, 1.165) is 0 Å². The maximum atomic E-state index is 12.6. The fourth-order valence-corrected chi connectivity index (χ4v) is 5.76. The third-order valence-electron chi connectivity index (χ3n) is 6.99. The molecule has 0 bridgehead atoms. The number of hydrogen-bond acceptors (Lipinski definition) is 9. The van der Waals surface area contributed by atoms with Crippen molar-refractivity contribution in [1.29, 1.82) is 0 Å². The molecule has 0 aromatic carbocycles. The van der Waals surface area contributed by atoms with E-state index in [-0.39, 0.29) is 24.0 Å². The minimum Gasteiger partial charge on any atom is -0.462 e. The van der Waals surface area contributed by atoms with E-state index >= 15 is 0 Å². The SMILES string of the molecule is C=C(C)C(=O)OC1[C@H]2C(=C)C(=O)O[C@H]2C(OC(C)=O)[C@@]2(C)C(OC(C)=O)CC[C@@](C)(O)[C@H]12. The zero-order valence-electron chi connectivity index (χ0n) is 19.0. The highest BCUT2D eigenvalue weighted by molar-refractivity contribution is 5.92. The van der Waals surface area contributed by atoms with E-state index in [9.17, 15) is 24.3 Å². The quantitative estimate of drug-likeness (QED) is 0.386. The van der Waals surface area contributed by atoms with E-state index in [2.05, 4.69) is 13.2 Å². The number of carbonyl (C=O) groups excluding carboxylic acids is 4. The number of ether oxygens (including phenoxy) is 4. The lowest BCUT2D eigenvalue weighted by Gasteiger charge is -2.61. The van der Waals surface area contributed by atoms with Gasteiger partial charge < -0.3 is 24.1 Å². The van der Waals surface area contributed by atoms with E-state index in [1.807, 2.05) is 0 Å². The van der Waals surface area contributed by atoms with Gasteiger partial charge in [0.05, 0.1) is 16.9 Å². The van der Waals surface area contributed by atoms with Crippen molar-refractivity contribution >= 4 is 23.9 Å². The predicted octanol–water partition coefficient (Wildman–Crippen LogP) is 1.62. The Morgan fingerprint density at radius 1 is 1.09 bits per heavy atom. The number of esters is 4. The normalized spacial score (nSPS) is 40.4. The lowest BCUT2D eigenvalue weighted by atomic mass is 9.49. The summed E-state index contributed by atoms with van der Waals surface area (Å²) in [5.41, 5.74) is -2.47. The van der Waals surface area contributed by atoms with Gasteiger partial charge in [-0.3, -0.25) is 9.59 Å². The molecule has 1 N–H and O–H groups in total. The summed E-state index contributed by atoms with van der Waals surface area (Å²) >= 11 is 0. The maximum Gasteiger partial charge on any atom is 0.334 e. The number of aliphatic hydroxyl groups is 1. The first-order valence-corrected chi connectivity index (χ1v) is 10.5. The maximum absolute atomic E-state index is 12.6. The molecule has 0 aromatic rings. The van der Waals surface area contributed by atoms with Crippen molar-refractivity contribution in [2.24, 2.45) is 17.3 Å². The molecule has 3 aliphatic rings. The Kier molecular flexibility index (Phi) is 6.01. The summed E-state index contributed by atoms with van der Waals surface area (Å²) in [6, 6.07) is 0. The van der Waals surface area contributed by atoms with Gasteiger partial charge in [0.2, 0.25) is 0 Å². The van der Waals surface area contributed by atoms with E-state index < -0.39 is 71.1 Å². The van der Waals surface area contributed by atoms with Crippen molar-refractivity contribution < 1.29 is 43.2 Å². The van der Waals surface area contributed by atoms with Crippen molar-refractivity contribution in [3.05, 3.63) is 24.3 Å². The molecule has 3 fully saturated rings. The third kappa shape index (κ3) is 3.72. The van der Waals surface area contributed by atoms with E-state index in [1.165, 1.54) is 20.8 Å². The Balaban J connectivity index is 2.24. The van der Waals surface area contributed by atoms with Gasteiger partial charge in [-0.1, -0.05) is 20.1 Å². The summed E-state index contributed by atoms with van der Waals surface area (Å²) in [5, 5.41) is 11.5.